The number of hydrogen-bond acceptors (Lipinski definition) is 4. The molecule has 8 nitrogen and oxygen atoms in total. The van der Waals surface area contributed by atoms with E-state index >= 15 is 0 Å². The summed E-state index contributed by atoms with van der Waals surface area (Å²) in [7, 11) is 0. The summed E-state index contributed by atoms with van der Waals surface area (Å²) in [5.74, 6) is -2.59. The third kappa shape index (κ3) is 4.39. The first-order valence-corrected chi connectivity index (χ1v) is 9.53. The number of aromatic nitrogens is 1. The Bertz CT molecular complexity index is 1330. The maximum absolute atomic E-state index is 12.5. The molecular weight excluding hydrogens is 410 g/mol. The summed E-state index contributed by atoms with van der Waals surface area (Å²) in [6.07, 6.45) is 3.51. The van der Waals surface area contributed by atoms with Crippen molar-refractivity contribution in [1.29, 1.82) is 0 Å². The van der Waals surface area contributed by atoms with Gasteiger partial charge in [0.15, 0.2) is 0 Å². The van der Waals surface area contributed by atoms with Crippen molar-refractivity contribution in [3.05, 3.63) is 90.3 Å². The molecule has 0 saturated heterocycles. The molecule has 0 aliphatic carbocycles. The number of fused-ring (bicyclic) bond motifs is 1. The highest BCUT2D eigenvalue weighted by molar-refractivity contribution is 6.03. The summed E-state index contributed by atoms with van der Waals surface area (Å²) in [6, 6.07) is 17.8. The molecule has 8 heteroatoms. The van der Waals surface area contributed by atoms with Gasteiger partial charge in [-0.1, -0.05) is 30.3 Å². The number of hydrogen-bond donors (Lipinski definition) is 4. The van der Waals surface area contributed by atoms with Crippen molar-refractivity contribution < 1.29 is 24.6 Å². The molecule has 0 aliphatic heterocycles. The minimum Gasteiger partial charge on any atom is -0.478 e. The van der Waals surface area contributed by atoms with Gasteiger partial charge in [0.2, 0.25) is 0 Å². The molecular formula is C24H17N3O5. The Labute approximate surface area is 182 Å². The van der Waals surface area contributed by atoms with E-state index in [-0.39, 0.29) is 16.8 Å². The molecule has 0 spiro atoms. The van der Waals surface area contributed by atoms with E-state index in [0.29, 0.717) is 5.69 Å². The Kier molecular flexibility index (Phi) is 5.50. The number of carboxylic acids is 2. The molecule has 1 heterocycles. The number of benzene rings is 3. The molecule has 0 fully saturated rings. The van der Waals surface area contributed by atoms with Gasteiger partial charge in [0.1, 0.15) is 0 Å². The zero-order valence-corrected chi connectivity index (χ0v) is 16.6. The van der Waals surface area contributed by atoms with E-state index in [1.165, 1.54) is 12.1 Å². The molecule has 2 amide bonds. The van der Waals surface area contributed by atoms with Crippen LogP contribution in [0.25, 0.3) is 21.9 Å². The van der Waals surface area contributed by atoms with E-state index in [0.717, 1.165) is 28.0 Å². The van der Waals surface area contributed by atoms with Crippen LogP contribution in [0.2, 0.25) is 0 Å². The van der Waals surface area contributed by atoms with Crippen LogP contribution in [-0.4, -0.2) is 33.2 Å². The number of nitrogens with zero attached hydrogens (tertiary/aromatic N) is 1. The number of amides is 2. The third-order valence-corrected chi connectivity index (χ3v) is 4.80. The number of anilines is 2. The smallest absolute Gasteiger partial charge is 0.335 e. The van der Waals surface area contributed by atoms with Crippen LogP contribution < -0.4 is 10.6 Å². The van der Waals surface area contributed by atoms with E-state index < -0.39 is 18.0 Å². The minimum atomic E-state index is -1.30. The van der Waals surface area contributed by atoms with E-state index in [1.54, 1.807) is 30.6 Å². The van der Waals surface area contributed by atoms with Gasteiger partial charge in [0.05, 0.1) is 11.1 Å². The molecule has 1 aromatic heterocycles. The molecule has 4 aromatic rings. The van der Waals surface area contributed by atoms with Crippen LogP contribution in [0.3, 0.4) is 0 Å². The lowest BCUT2D eigenvalue weighted by Gasteiger charge is -2.11. The SMILES string of the molecule is O=C(Nc1cc(C(=O)O)cc(C(=O)O)c1)Nc1cccc(-c2cccc3ccncc23)c1. The van der Waals surface area contributed by atoms with Gasteiger partial charge in [-0.15, -0.1) is 0 Å². The number of rotatable bonds is 5. The zero-order chi connectivity index (χ0) is 22.7. The van der Waals surface area contributed by atoms with E-state index in [1.807, 2.05) is 30.3 Å². The van der Waals surface area contributed by atoms with Crippen molar-refractivity contribution in [1.82, 2.24) is 4.98 Å². The first kappa shape index (κ1) is 20.5. The van der Waals surface area contributed by atoms with E-state index in [4.69, 9.17) is 0 Å². The quantitative estimate of drug-likeness (QED) is 0.357. The largest absolute Gasteiger partial charge is 0.478 e. The van der Waals surface area contributed by atoms with Crippen LogP contribution in [-0.2, 0) is 0 Å². The topological polar surface area (TPSA) is 129 Å². The molecule has 0 radical (unpaired) electrons. The van der Waals surface area contributed by atoms with Gasteiger partial charge in [-0.25, -0.2) is 14.4 Å². The summed E-state index contributed by atoms with van der Waals surface area (Å²) in [4.78, 5) is 39.2. The average molecular weight is 427 g/mol. The number of urea groups is 1. The average Bonchev–Trinajstić information content (AvgIpc) is 2.78. The summed E-state index contributed by atoms with van der Waals surface area (Å²) < 4.78 is 0. The van der Waals surface area contributed by atoms with Crippen LogP contribution >= 0.6 is 0 Å². The molecule has 4 rings (SSSR count). The second-order valence-corrected chi connectivity index (χ2v) is 6.97. The van der Waals surface area contributed by atoms with E-state index in [2.05, 4.69) is 15.6 Å². The molecule has 0 aliphatic rings. The fourth-order valence-electron chi connectivity index (χ4n) is 3.37. The van der Waals surface area contributed by atoms with Crippen molar-refractivity contribution in [3.8, 4) is 11.1 Å². The minimum absolute atomic E-state index is 0.0519. The van der Waals surface area contributed by atoms with Gasteiger partial charge in [-0.05, 0) is 52.9 Å². The molecule has 32 heavy (non-hydrogen) atoms. The van der Waals surface area contributed by atoms with Crippen LogP contribution in [0.1, 0.15) is 20.7 Å². The molecule has 3 aromatic carbocycles. The van der Waals surface area contributed by atoms with Crippen molar-refractivity contribution >= 4 is 40.1 Å². The molecule has 0 bridgehead atoms. The Morgan fingerprint density at radius 3 is 2.16 bits per heavy atom. The zero-order valence-electron chi connectivity index (χ0n) is 16.6. The fourth-order valence-corrected chi connectivity index (χ4v) is 3.37. The first-order chi connectivity index (χ1) is 15.4. The third-order valence-electron chi connectivity index (χ3n) is 4.80. The molecule has 0 unspecified atom stereocenters. The van der Waals surface area contributed by atoms with Gasteiger partial charge in [-0.2, -0.15) is 0 Å². The lowest BCUT2D eigenvalue weighted by Crippen LogP contribution is -2.20. The summed E-state index contributed by atoms with van der Waals surface area (Å²) in [5, 5.41) is 25.5. The van der Waals surface area contributed by atoms with Gasteiger partial charge in [0.25, 0.3) is 0 Å². The second-order valence-electron chi connectivity index (χ2n) is 6.97. The number of nitrogens with one attached hydrogen (secondary N) is 2. The molecule has 4 N–H and O–H groups in total. The maximum atomic E-state index is 12.5. The summed E-state index contributed by atoms with van der Waals surface area (Å²) in [5.41, 5.74) is 1.91. The van der Waals surface area contributed by atoms with Crippen LogP contribution in [0, 0.1) is 0 Å². The second kappa shape index (κ2) is 8.57. The lowest BCUT2D eigenvalue weighted by molar-refractivity contribution is 0.0696. The number of pyridine rings is 1. The summed E-state index contributed by atoms with van der Waals surface area (Å²) >= 11 is 0. The first-order valence-electron chi connectivity index (χ1n) is 9.53. The number of carbonyl (C=O) groups excluding carboxylic acids is 1. The van der Waals surface area contributed by atoms with Crippen molar-refractivity contribution in [2.24, 2.45) is 0 Å². The van der Waals surface area contributed by atoms with Crippen molar-refractivity contribution in [2.75, 3.05) is 10.6 Å². The highest BCUT2D eigenvalue weighted by atomic mass is 16.4. The number of aromatic carboxylic acids is 2. The maximum Gasteiger partial charge on any atom is 0.335 e. The number of carboxylic acid groups (broad SMARTS) is 2. The van der Waals surface area contributed by atoms with E-state index in [9.17, 15) is 24.6 Å². The lowest BCUT2D eigenvalue weighted by atomic mass is 9.99. The van der Waals surface area contributed by atoms with Gasteiger partial charge >= 0.3 is 18.0 Å². The van der Waals surface area contributed by atoms with Crippen LogP contribution in [0.15, 0.2) is 79.1 Å². The van der Waals surface area contributed by atoms with Gasteiger partial charge < -0.3 is 20.8 Å². The Morgan fingerprint density at radius 2 is 1.44 bits per heavy atom. The van der Waals surface area contributed by atoms with Gasteiger partial charge in [-0.3, -0.25) is 4.98 Å². The van der Waals surface area contributed by atoms with Crippen molar-refractivity contribution in [3.63, 3.8) is 0 Å². The highest BCUT2D eigenvalue weighted by Gasteiger charge is 2.13. The van der Waals surface area contributed by atoms with Crippen LogP contribution in [0.5, 0.6) is 0 Å². The highest BCUT2D eigenvalue weighted by Crippen LogP contribution is 2.29. The standard InChI is InChI=1S/C24H17N3O5/c28-22(29)16-9-17(23(30)31)12-19(11-16)27-24(32)26-18-5-1-4-15(10-18)20-6-2-3-14-7-8-25-13-21(14)20/h1-13H,(H,28,29)(H,30,31)(H2,26,27,32). The monoisotopic (exact) mass is 427 g/mol. The summed E-state index contributed by atoms with van der Waals surface area (Å²) in [6.45, 7) is 0. The predicted octanol–water partition coefficient (Wildman–Crippen LogP) is 4.94. The van der Waals surface area contributed by atoms with Crippen LogP contribution in [0.4, 0.5) is 16.2 Å². The molecule has 158 valence electrons. The Balaban J connectivity index is 1.58. The predicted molar refractivity (Wildman–Crippen MR) is 120 cm³/mol. The molecule has 0 saturated carbocycles. The number of carbonyl (C=O) groups is 3. The Hall–Kier alpha value is -4.72. The normalized spacial score (nSPS) is 10.5. The molecule has 0 atom stereocenters. The Morgan fingerprint density at radius 1 is 0.750 bits per heavy atom. The van der Waals surface area contributed by atoms with Crippen molar-refractivity contribution in [2.45, 2.75) is 0 Å². The fraction of sp³-hybridized carbons (Fsp3) is 0. The van der Waals surface area contributed by atoms with Gasteiger partial charge in [0, 0.05) is 29.2 Å².